The lowest BCUT2D eigenvalue weighted by atomic mass is 9.54. The van der Waals surface area contributed by atoms with Crippen molar-refractivity contribution in [3.63, 3.8) is 0 Å². The van der Waals surface area contributed by atoms with Gasteiger partial charge in [0.2, 0.25) is 5.91 Å². The summed E-state index contributed by atoms with van der Waals surface area (Å²) < 4.78 is 0. The first kappa shape index (κ1) is 24.3. The Labute approximate surface area is 211 Å². The third kappa shape index (κ3) is 5.89. The molecule has 0 radical (unpaired) electrons. The number of fused-ring (bicyclic) bond motifs is 2. The Morgan fingerprint density at radius 1 is 0.943 bits per heavy atom. The highest BCUT2D eigenvalue weighted by molar-refractivity contribution is 5.76. The summed E-state index contributed by atoms with van der Waals surface area (Å²) in [4.78, 5) is 13.0. The van der Waals surface area contributed by atoms with Crippen molar-refractivity contribution in [1.82, 2.24) is 5.32 Å². The van der Waals surface area contributed by atoms with Gasteiger partial charge in [-0.2, -0.15) is 0 Å². The average Bonchev–Trinajstić information content (AvgIpc) is 2.89. The molecule has 3 aliphatic carbocycles. The molecule has 0 heterocycles. The molecule has 2 aromatic carbocycles. The zero-order chi connectivity index (χ0) is 24.1. The molecule has 3 unspecified atom stereocenters. The van der Waals surface area contributed by atoms with Crippen LogP contribution in [-0.4, -0.2) is 18.0 Å². The Morgan fingerprint density at radius 2 is 1.66 bits per heavy atom. The van der Waals surface area contributed by atoms with Crippen molar-refractivity contribution in [3.05, 3.63) is 83.4 Å². The molecule has 2 bridgehead atoms. The summed E-state index contributed by atoms with van der Waals surface area (Å²) >= 11 is 0. The molecule has 1 amide bonds. The van der Waals surface area contributed by atoms with Crippen LogP contribution < -0.4 is 11.1 Å². The summed E-state index contributed by atoms with van der Waals surface area (Å²) in [5.41, 5.74) is 10.9. The second-order valence-corrected chi connectivity index (χ2v) is 11.5. The number of nitrogens with two attached hydrogens (primary N) is 1. The van der Waals surface area contributed by atoms with Gasteiger partial charge in [0.15, 0.2) is 0 Å². The highest BCUT2D eigenvalue weighted by Crippen LogP contribution is 2.55. The third-order valence-electron chi connectivity index (χ3n) is 9.08. The van der Waals surface area contributed by atoms with Crippen LogP contribution in [0.15, 0.2) is 72.3 Å². The Kier molecular flexibility index (Phi) is 7.72. The van der Waals surface area contributed by atoms with Gasteiger partial charge in [-0.1, -0.05) is 78.7 Å². The monoisotopic (exact) mass is 470 g/mol. The number of rotatable bonds is 7. The molecule has 3 heteroatoms. The molecule has 3 aliphatic rings. The number of hydrogen-bond acceptors (Lipinski definition) is 2. The molecule has 186 valence electrons. The van der Waals surface area contributed by atoms with Crippen molar-refractivity contribution in [1.29, 1.82) is 0 Å². The van der Waals surface area contributed by atoms with E-state index in [1.165, 1.54) is 43.2 Å². The summed E-state index contributed by atoms with van der Waals surface area (Å²) in [7, 11) is 0. The van der Waals surface area contributed by atoms with Crippen LogP contribution in [0.3, 0.4) is 0 Å². The van der Waals surface area contributed by atoms with Crippen LogP contribution in [0.5, 0.6) is 0 Å². The van der Waals surface area contributed by atoms with E-state index in [2.05, 4.69) is 72.1 Å². The minimum Gasteiger partial charge on any atom is -0.353 e. The molecule has 3 atom stereocenters. The second kappa shape index (κ2) is 11.1. The van der Waals surface area contributed by atoms with Gasteiger partial charge in [0, 0.05) is 18.5 Å². The normalized spacial score (nSPS) is 31.7. The minimum atomic E-state index is 0.234. The summed E-state index contributed by atoms with van der Waals surface area (Å²) in [5, 5.41) is 3.33. The fourth-order valence-electron chi connectivity index (χ4n) is 7.25. The molecule has 5 rings (SSSR count). The van der Waals surface area contributed by atoms with E-state index in [-0.39, 0.29) is 11.3 Å². The first-order chi connectivity index (χ1) is 17.1. The van der Waals surface area contributed by atoms with Crippen LogP contribution in [0.25, 0.3) is 0 Å². The van der Waals surface area contributed by atoms with Crippen molar-refractivity contribution in [2.45, 2.75) is 94.5 Å². The smallest absolute Gasteiger partial charge is 0.220 e. The zero-order valence-corrected chi connectivity index (χ0v) is 21.1. The number of allylic oxidation sites excluding steroid dienone is 2. The van der Waals surface area contributed by atoms with Gasteiger partial charge >= 0.3 is 0 Å². The van der Waals surface area contributed by atoms with E-state index in [1.54, 1.807) is 5.57 Å². The summed E-state index contributed by atoms with van der Waals surface area (Å²) in [6, 6.07) is 22.7. The van der Waals surface area contributed by atoms with E-state index >= 15 is 0 Å². The minimum absolute atomic E-state index is 0.234. The molecule has 3 fully saturated rings. The van der Waals surface area contributed by atoms with E-state index in [0.29, 0.717) is 30.3 Å². The molecule has 0 saturated heterocycles. The summed E-state index contributed by atoms with van der Waals surface area (Å²) in [6.07, 6.45) is 15.6. The van der Waals surface area contributed by atoms with Crippen LogP contribution >= 0.6 is 0 Å². The molecule has 3 N–H and O–H groups in total. The predicted molar refractivity (Wildman–Crippen MR) is 144 cm³/mol. The van der Waals surface area contributed by atoms with Crippen LogP contribution in [0.1, 0.15) is 81.8 Å². The largest absolute Gasteiger partial charge is 0.353 e. The number of carbonyl (C=O) groups is 1. The maximum Gasteiger partial charge on any atom is 0.220 e. The Morgan fingerprint density at radius 3 is 2.40 bits per heavy atom. The van der Waals surface area contributed by atoms with Crippen molar-refractivity contribution >= 4 is 5.91 Å². The number of hydrogen-bond donors (Lipinski definition) is 2. The number of nitrogens with one attached hydrogen (secondary N) is 1. The predicted octanol–water partition coefficient (Wildman–Crippen LogP) is 6.47. The van der Waals surface area contributed by atoms with Crippen molar-refractivity contribution in [3.8, 4) is 0 Å². The molecular formula is C32H42N2O. The average molecular weight is 471 g/mol. The van der Waals surface area contributed by atoms with Crippen molar-refractivity contribution in [2.75, 3.05) is 0 Å². The lowest BCUT2D eigenvalue weighted by Gasteiger charge is -2.50. The summed E-state index contributed by atoms with van der Waals surface area (Å²) in [5.74, 6) is 1.37. The van der Waals surface area contributed by atoms with Crippen LogP contribution in [0, 0.1) is 11.8 Å². The first-order valence-corrected chi connectivity index (χ1v) is 14.0. The number of benzene rings is 2. The topological polar surface area (TPSA) is 55.1 Å². The fraction of sp³-hybridized carbons (Fsp3) is 0.531. The van der Waals surface area contributed by atoms with Gasteiger partial charge in [0.05, 0.1) is 0 Å². The van der Waals surface area contributed by atoms with Gasteiger partial charge in [0.25, 0.3) is 0 Å². The van der Waals surface area contributed by atoms with Gasteiger partial charge in [0.1, 0.15) is 0 Å². The SMILES string of the molecule is NC1CCC(NC(=O)CCC2CC3(c4ccccc4)CCCC(C3)/C2=C\Cc2ccccc2)CC1. The van der Waals surface area contributed by atoms with Gasteiger partial charge in [-0.15, -0.1) is 0 Å². The number of amides is 1. The second-order valence-electron chi connectivity index (χ2n) is 11.5. The third-order valence-corrected chi connectivity index (χ3v) is 9.08. The first-order valence-electron chi connectivity index (χ1n) is 14.0. The van der Waals surface area contributed by atoms with E-state index in [9.17, 15) is 4.79 Å². The highest BCUT2D eigenvalue weighted by atomic mass is 16.1. The standard InChI is InChI=1S/C32H42N2O/c33-28-15-17-29(18-16-28)34-31(35)20-14-26-23-32(27-11-5-2-6-12-27)21-7-10-25(22-32)30(26)19-13-24-8-3-1-4-9-24/h1-6,8-9,11-12,19,25-26,28-29H,7,10,13-18,20-23,33H2,(H,34,35)/b30-19+. The maximum atomic E-state index is 13.0. The van der Waals surface area contributed by atoms with E-state index in [4.69, 9.17) is 5.73 Å². The van der Waals surface area contributed by atoms with E-state index in [0.717, 1.165) is 38.5 Å². The molecule has 0 aliphatic heterocycles. The highest BCUT2D eigenvalue weighted by Gasteiger charge is 2.46. The Bertz CT molecular complexity index is 993. The van der Waals surface area contributed by atoms with Gasteiger partial charge in [-0.25, -0.2) is 0 Å². The molecule has 2 aromatic rings. The lowest BCUT2D eigenvalue weighted by Crippen LogP contribution is -2.43. The molecule has 3 nitrogen and oxygen atoms in total. The van der Waals surface area contributed by atoms with Crippen LogP contribution in [-0.2, 0) is 16.6 Å². The van der Waals surface area contributed by atoms with Crippen molar-refractivity contribution in [2.24, 2.45) is 17.6 Å². The van der Waals surface area contributed by atoms with Gasteiger partial charge < -0.3 is 11.1 Å². The molecule has 0 aromatic heterocycles. The summed E-state index contributed by atoms with van der Waals surface area (Å²) in [6.45, 7) is 0. The zero-order valence-electron chi connectivity index (χ0n) is 21.1. The molecule has 0 spiro atoms. The van der Waals surface area contributed by atoms with E-state index < -0.39 is 0 Å². The van der Waals surface area contributed by atoms with Gasteiger partial charge in [-0.05, 0) is 92.6 Å². The molecule has 35 heavy (non-hydrogen) atoms. The van der Waals surface area contributed by atoms with Crippen LogP contribution in [0.4, 0.5) is 0 Å². The van der Waals surface area contributed by atoms with Crippen molar-refractivity contribution < 1.29 is 4.79 Å². The fourth-order valence-corrected chi connectivity index (χ4v) is 7.25. The van der Waals surface area contributed by atoms with Gasteiger partial charge in [-0.3, -0.25) is 4.79 Å². The lowest BCUT2D eigenvalue weighted by molar-refractivity contribution is -0.122. The molecular weight excluding hydrogens is 428 g/mol. The molecule has 3 saturated carbocycles. The number of carbonyl (C=O) groups excluding carboxylic acids is 1. The van der Waals surface area contributed by atoms with E-state index in [1.807, 2.05) is 0 Å². The maximum absolute atomic E-state index is 13.0. The quantitative estimate of drug-likeness (QED) is 0.456. The van der Waals surface area contributed by atoms with Crippen LogP contribution in [0.2, 0.25) is 0 Å². The Hall–Kier alpha value is -2.39. The Balaban J connectivity index is 1.32.